The van der Waals surface area contributed by atoms with Crippen LogP contribution in [0.15, 0.2) is 33.5 Å². The predicted molar refractivity (Wildman–Crippen MR) is 62.3 cm³/mol. The maximum absolute atomic E-state index is 11.1. The van der Waals surface area contributed by atoms with Crippen LogP contribution in [-0.2, 0) is 6.42 Å². The Hall–Kier alpha value is -1.81. The average Bonchev–Trinajstić information content (AvgIpc) is 2.28. The Balaban J connectivity index is 2.20. The van der Waals surface area contributed by atoms with E-state index >= 15 is 0 Å². The zero-order chi connectivity index (χ0) is 12.0. The summed E-state index contributed by atoms with van der Waals surface area (Å²) < 4.78 is 10.7. The zero-order valence-electron chi connectivity index (χ0n) is 9.34. The summed E-state index contributed by atoms with van der Waals surface area (Å²) in [6.45, 7) is 1.82. The van der Waals surface area contributed by atoms with Crippen molar-refractivity contribution in [2.75, 3.05) is 0 Å². The molecule has 1 aromatic heterocycles. The Morgan fingerprint density at radius 2 is 2.18 bits per heavy atom. The van der Waals surface area contributed by atoms with Crippen LogP contribution in [0.2, 0.25) is 0 Å². The summed E-state index contributed by atoms with van der Waals surface area (Å²) in [5.41, 5.74) is 1.08. The Morgan fingerprint density at radius 1 is 1.35 bits per heavy atom. The lowest BCUT2D eigenvalue weighted by Gasteiger charge is -2.28. The fourth-order valence-electron chi connectivity index (χ4n) is 2.08. The first kappa shape index (κ1) is 10.4. The van der Waals surface area contributed by atoms with Crippen LogP contribution < -0.4 is 10.4 Å². The molecule has 2 atom stereocenters. The fourth-order valence-corrected chi connectivity index (χ4v) is 2.08. The van der Waals surface area contributed by atoms with Gasteiger partial charge in [0.05, 0.1) is 6.10 Å². The van der Waals surface area contributed by atoms with Crippen molar-refractivity contribution in [3.63, 3.8) is 0 Å². The summed E-state index contributed by atoms with van der Waals surface area (Å²) in [4.78, 5) is 11.1. The van der Waals surface area contributed by atoms with E-state index in [1.54, 1.807) is 12.1 Å². The number of rotatable bonds is 0. The zero-order valence-corrected chi connectivity index (χ0v) is 9.34. The minimum atomic E-state index is -0.490. The molecule has 0 saturated carbocycles. The Morgan fingerprint density at radius 3 is 3.00 bits per heavy atom. The van der Waals surface area contributed by atoms with E-state index < -0.39 is 6.10 Å². The fraction of sp³-hybridized carbons (Fsp3) is 0.308. The van der Waals surface area contributed by atoms with Gasteiger partial charge in [0, 0.05) is 23.9 Å². The summed E-state index contributed by atoms with van der Waals surface area (Å²) in [6, 6.07) is 6.71. The standard InChI is InChI=1S/C13H12O4/c1-7-10(14)5-9-4-8-2-3-13(15)17-11(8)6-12(9)16-7/h2-4,6-7,10,14H,5H2,1H3. The lowest BCUT2D eigenvalue weighted by atomic mass is 9.99. The molecule has 0 bridgehead atoms. The highest BCUT2D eigenvalue weighted by molar-refractivity contribution is 5.79. The van der Waals surface area contributed by atoms with E-state index in [1.807, 2.05) is 13.0 Å². The van der Waals surface area contributed by atoms with Gasteiger partial charge in [-0.2, -0.15) is 0 Å². The SMILES string of the molecule is CC1Oc2cc3oc(=O)ccc3cc2CC1O. The molecule has 0 fully saturated rings. The highest BCUT2D eigenvalue weighted by atomic mass is 16.5. The van der Waals surface area contributed by atoms with E-state index in [1.165, 1.54) is 6.07 Å². The molecule has 0 spiro atoms. The highest BCUT2D eigenvalue weighted by Gasteiger charge is 2.25. The van der Waals surface area contributed by atoms with Crippen molar-refractivity contribution in [1.29, 1.82) is 0 Å². The van der Waals surface area contributed by atoms with E-state index in [2.05, 4.69) is 0 Å². The minimum Gasteiger partial charge on any atom is -0.488 e. The second kappa shape index (κ2) is 3.60. The molecule has 2 unspecified atom stereocenters. The summed E-state index contributed by atoms with van der Waals surface area (Å²) in [5, 5.41) is 10.6. The van der Waals surface area contributed by atoms with Crippen molar-refractivity contribution in [2.24, 2.45) is 0 Å². The molecule has 4 heteroatoms. The molecule has 4 nitrogen and oxygen atoms in total. The first-order chi connectivity index (χ1) is 8.13. The Bertz CT molecular complexity index is 629. The monoisotopic (exact) mass is 232 g/mol. The van der Waals surface area contributed by atoms with Crippen LogP contribution in [0.5, 0.6) is 5.75 Å². The second-order valence-electron chi connectivity index (χ2n) is 4.35. The predicted octanol–water partition coefficient (Wildman–Crippen LogP) is 1.48. The number of fused-ring (bicyclic) bond motifs is 2. The molecule has 2 heterocycles. The first-order valence-corrected chi connectivity index (χ1v) is 5.55. The van der Waals surface area contributed by atoms with E-state index in [0.717, 1.165) is 10.9 Å². The van der Waals surface area contributed by atoms with Gasteiger partial charge in [-0.3, -0.25) is 0 Å². The van der Waals surface area contributed by atoms with E-state index in [9.17, 15) is 9.90 Å². The summed E-state index contributed by atoms with van der Waals surface area (Å²) in [7, 11) is 0. The van der Waals surface area contributed by atoms with Gasteiger partial charge in [-0.05, 0) is 24.6 Å². The van der Waals surface area contributed by atoms with Crippen LogP contribution in [0.4, 0.5) is 0 Å². The lowest BCUT2D eigenvalue weighted by molar-refractivity contribution is 0.0330. The third kappa shape index (κ3) is 1.70. The molecule has 1 aliphatic rings. The number of hydrogen-bond donors (Lipinski definition) is 1. The molecule has 88 valence electrons. The highest BCUT2D eigenvalue weighted by Crippen LogP contribution is 2.31. The number of hydrogen-bond acceptors (Lipinski definition) is 4. The third-order valence-electron chi connectivity index (χ3n) is 3.09. The summed E-state index contributed by atoms with van der Waals surface area (Å²) >= 11 is 0. The van der Waals surface area contributed by atoms with Crippen LogP contribution >= 0.6 is 0 Å². The maximum Gasteiger partial charge on any atom is 0.336 e. The molecule has 0 radical (unpaired) electrons. The first-order valence-electron chi connectivity index (χ1n) is 5.55. The van der Waals surface area contributed by atoms with Gasteiger partial charge in [0.25, 0.3) is 0 Å². The molecule has 0 saturated heterocycles. The summed E-state index contributed by atoms with van der Waals surface area (Å²) in [5.74, 6) is 0.685. The molecule has 1 aromatic carbocycles. The third-order valence-corrected chi connectivity index (χ3v) is 3.09. The second-order valence-corrected chi connectivity index (χ2v) is 4.35. The quantitative estimate of drug-likeness (QED) is 0.699. The van der Waals surface area contributed by atoms with Gasteiger partial charge >= 0.3 is 5.63 Å². The lowest BCUT2D eigenvalue weighted by Crippen LogP contribution is -2.34. The van der Waals surface area contributed by atoms with Crippen molar-refractivity contribution < 1.29 is 14.3 Å². The minimum absolute atomic E-state index is 0.240. The number of aliphatic hydroxyl groups is 1. The van der Waals surface area contributed by atoms with E-state index in [-0.39, 0.29) is 11.7 Å². The molecule has 17 heavy (non-hydrogen) atoms. The van der Waals surface area contributed by atoms with Gasteiger partial charge in [-0.1, -0.05) is 0 Å². The van der Waals surface area contributed by atoms with Crippen LogP contribution in [0.25, 0.3) is 11.0 Å². The van der Waals surface area contributed by atoms with Gasteiger partial charge in [-0.25, -0.2) is 4.79 Å². The molecule has 1 N–H and O–H groups in total. The molecule has 2 aromatic rings. The van der Waals surface area contributed by atoms with E-state index in [4.69, 9.17) is 9.15 Å². The Labute approximate surface area is 97.4 Å². The smallest absolute Gasteiger partial charge is 0.336 e. The van der Waals surface area contributed by atoms with Crippen molar-refractivity contribution in [3.8, 4) is 5.75 Å². The largest absolute Gasteiger partial charge is 0.488 e. The average molecular weight is 232 g/mol. The van der Waals surface area contributed by atoms with Crippen LogP contribution in [-0.4, -0.2) is 17.3 Å². The van der Waals surface area contributed by atoms with Crippen LogP contribution in [0, 0.1) is 0 Å². The van der Waals surface area contributed by atoms with Gasteiger partial charge in [-0.15, -0.1) is 0 Å². The van der Waals surface area contributed by atoms with Crippen molar-refractivity contribution in [2.45, 2.75) is 25.6 Å². The topological polar surface area (TPSA) is 59.7 Å². The van der Waals surface area contributed by atoms with Gasteiger partial charge < -0.3 is 14.3 Å². The van der Waals surface area contributed by atoms with Crippen molar-refractivity contribution >= 4 is 11.0 Å². The van der Waals surface area contributed by atoms with Crippen LogP contribution in [0.1, 0.15) is 12.5 Å². The van der Waals surface area contributed by atoms with Gasteiger partial charge in [0.1, 0.15) is 17.4 Å². The number of ether oxygens (including phenoxy) is 1. The molecule has 0 aliphatic carbocycles. The van der Waals surface area contributed by atoms with E-state index in [0.29, 0.717) is 17.8 Å². The van der Waals surface area contributed by atoms with Crippen molar-refractivity contribution in [3.05, 3.63) is 40.2 Å². The molecule has 3 rings (SSSR count). The van der Waals surface area contributed by atoms with Crippen molar-refractivity contribution in [1.82, 2.24) is 0 Å². The van der Waals surface area contributed by atoms with Gasteiger partial charge in [0.2, 0.25) is 0 Å². The van der Waals surface area contributed by atoms with Gasteiger partial charge in [0.15, 0.2) is 0 Å². The Kier molecular flexibility index (Phi) is 2.19. The molecular formula is C13H12O4. The number of aliphatic hydroxyl groups excluding tert-OH is 1. The normalized spacial score (nSPS) is 23.2. The van der Waals surface area contributed by atoms with Crippen LogP contribution in [0.3, 0.4) is 0 Å². The summed E-state index contributed by atoms with van der Waals surface area (Å²) in [6.07, 6.45) is -0.169. The molecular weight excluding hydrogens is 220 g/mol. The molecule has 0 amide bonds. The maximum atomic E-state index is 11.1. The number of benzene rings is 1. The molecule has 1 aliphatic heterocycles.